The number of phenolic OH excluding ortho intramolecular Hbond substituents is 1. The highest BCUT2D eigenvalue weighted by Crippen LogP contribution is 2.57. The molecule has 6 atom stereocenters. The first kappa shape index (κ1) is 19.7. The van der Waals surface area contributed by atoms with Crippen LogP contribution in [0, 0.1) is 29.6 Å². The molecule has 2 heterocycles. The topological polar surface area (TPSA) is 145 Å². The first-order valence-corrected chi connectivity index (χ1v) is 9.96. The van der Waals surface area contributed by atoms with Gasteiger partial charge in [0.1, 0.15) is 0 Å². The first-order chi connectivity index (χ1) is 14.8. The zero-order valence-corrected chi connectivity index (χ0v) is 16.5. The van der Waals surface area contributed by atoms with Gasteiger partial charge in [0.2, 0.25) is 0 Å². The molecule has 162 valence electrons. The van der Waals surface area contributed by atoms with E-state index in [-0.39, 0.29) is 34.5 Å². The number of hydroxylamine groups is 4. The Labute approximate surface area is 176 Å². The van der Waals surface area contributed by atoms with Crippen LogP contribution in [0.1, 0.15) is 24.3 Å². The van der Waals surface area contributed by atoms with Crippen LogP contribution >= 0.6 is 0 Å². The van der Waals surface area contributed by atoms with E-state index in [0.717, 1.165) is 0 Å². The molecule has 31 heavy (non-hydrogen) atoms. The summed E-state index contributed by atoms with van der Waals surface area (Å²) in [4.78, 5) is 50.4. The van der Waals surface area contributed by atoms with Crippen LogP contribution in [-0.2, 0) is 19.2 Å². The first-order valence-electron chi connectivity index (χ1n) is 9.96. The number of aromatic hydroxyl groups is 1. The molecular formula is C21H20N2O8. The van der Waals surface area contributed by atoms with Crippen LogP contribution in [0.15, 0.2) is 29.8 Å². The summed E-state index contributed by atoms with van der Waals surface area (Å²) >= 11 is 0. The molecule has 2 aliphatic heterocycles. The molecule has 10 heteroatoms. The smallest absolute Gasteiger partial charge is 0.258 e. The molecule has 2 saturated heterocycles. The van der Waals surface area contributed by atoms with Crippen molar-refractivity contribution >= 4 is 23.6 Å². The summed E-state index contributed by atoms with van der Waals surface area (Å²) in [6.45, 7) is 0. The molecule has 3 N–H and O–H groups in total. The van der Waals surface area contributed by atoms with E-state index in [1.54, 1.807) is 18.2 Å². The Kier molecular flexibility index (Phi) is 4.21. The van der Waals surface area contributed by atoms with Gasteiger partial charge in [0.15, 0.2) is 11.5 Å². The second kappa shape index (κ2) is 6.63. The minimum Gasteiger partial charge on any atom is -0.504 e. The van der Waals surface area contributed by atoms with Crippen molar-refractivity contribution in [2.75, 3.05) is 7.11 Å². The predicted octanol–water partition coefficient (Wildman–Crippen LogP) is 0.815. The van der Waals surface area contributed by atoms with E-state index in [9.17, 15) is 34.7 Å². The fraction of sp³-hybridized carbons (Fsp3) is 0.429. The third-order valence-electron chi connectivity index (χ3n) is 7.16. The zero-order valence-electron chi connectivity index (χ0n) is 16.5. The molecule has 4 aliphatic rings. The monoisotopic (exact) mass is 428 g/mol. The summed E-state index contributed by atoms with van der Waals surface area (Å²) < 4.78 is 5.19. The highest BCUT2D eigenvalue weighted by molar-refractivity contribution is 6.06. The number of imide groups is 2. The molecule has 4 amide bonds. The van der Waals surface area contributed by atoms with Gasteiger partial charge in [-0.1, -0.05) is 17.7 Å². The second-order valence-electron chi connectivity index (χ2n) is 8.43. The van der Waals surface area contributed by atoms with Crippen molar-refractivity contribution < 1.29 is 39.4 Å². The molecule has 3 fully saturated rings. The van der Waals surface area contributed by atoms with E-state index in [0.29, 0.717) is 11.1 Å². The van der Waals surface area contributed by atoms with Crippen LogP contribution in [0.3, 0.4) is 0 Å². The third kappa shape index (κ3) is 2.52. The lowest BCUT2D eigenvalue weighted by Crippen LogP contribution is -2.42. The van der Waals surface area contributed by atoms with Crippen LogP contribution in [0.4, 0.5) is 0 Å². The quantitative estimate of drug-likeness (QED) is 0.357. The van der Waals surface area contributed by atoms with E-state index in [1.165, 1.54) is 13.2 Å². The molecule has 0 radical (unpaired) electrons. The Hall–Kier alpha value is -3.24. The molecule has 5 rings (SSSR count). The molecule has 0 bridgehead atoms. The van der Waals surface area contributed by atoms with Crippen LogP contribution in [0.25, 0.3) is 0 Å². The molecule has 0 spiro atoms. The van der Waals surface area contributed by atoms with Crippen molar-refractivity contribution in [3.63, 3.8) is 0 Å². The molecule has 0 aromatic heterocycles. The Morgan fingerprint density at radius 1 is 0.903 bits per heavy atom. The van der Waals surface area contributed by atoms with Gasteiger partial charge in [-0.05, 0) is 36.5 Å². The number of methoxy groups -OCH3 is 1. The number of phenols is 1. The molecule has 1 aromatic rings. The molecule has 0 unspecified atom stereocenters. The van der Waals surface area contributed by atoms with Gasteiger partial charge >= 0.3 is 0 Å². The number of allylic oxidation sites excluding steroid dienone is 2. The van der Waals surface area contributed by atoms with Gasteiger partial charge in [0.25, 0.3) is 23.6 Å². The highest BCUT2D eigenvalue weighted by atomic mass is 16.5. The van der Waals surface area contributed by atoms with E-state index < -0.39 is 59.1 Å². The number of fused-ring (bicyclic) bond motifs is 4. The fourth-order valence-corrected chi connectivity index (χ4v) is 5.82. The SMILES string of the molecule is COc1cc([C@H]2C3=CC[C@@H]4C(=O)N(O)C(=O)[C@@H]4[C@@H]3C[C@H]3C(=O)N(O)C(=O)[C@@H]23)ccc1O. The van der Waals surface area contributed by atoms with Crippen molar-refractivity contribution in [2.45, 2.75) is 18.8 Å². The number of hydrogen-bond acceptors (Lipinski definition) is 8. The van der Waals surface area contributed by atoms with Gasteiger partial charge < -0.3 is 9.84 Å². The highest BCUT2D eigenvalue weighted by Gasteiger charge is 2.62. The average Bonchev–Trinajstić information content (AvgIpc) is 3.12. The summed E-state index contributed by atoms with van der Waals surface area (Å²) in [5, 5.41) is 30.2. The van der Waals surface area contributed by atoms with Gasteiger partial charge in [-0.3, -0.25) is 29.6 Å². The van der Waals surface area contributed by atoms with Crippen LogP contribution in [0.2, 0.25) is 0 Å². The molecule has 1 aromatic carbocycles. The van der Waals surface area contributed by atoms with Crippen molar-refractivity contribution in [2.24, 2.45) is 29.6 Å². The number of ether oxygens (including phenoxy) is 1. The third-order valence-corrected chi connectivity index (χ3v) is 7.16. The Balaban J connectivity index is 1.67. The van der Waals surface area contributed by atoms with Crippen LogP contribution in [0.5, 0.6) is 11.5 Å². The lowest BCUT2D eigenvalue weighted by atomic mass is 9.57. The van der Waals surface area contributed by atoms with Gasteiger partial charge in [-0.2, -0.15) is 10.1 Å². The molecular weight excluding hydrogens is 408 g/mol. The molecule has 1 saturated carbocycles. The standard InChI is InChI=1S/C21H20N2O8/c1-31-14-6-8(2-5-13(14)24)15-9-3-4-10-16(20(27)22(29)18(10)25)11(9)7-12-17(15)21(28)23(30)19(12)26/h2-3,5-6,10-12,15-17,24,29-30H,4,7H2,1H3/t10-,11+,12+,15-,16-,17+/m0/s1. The van der Waals surface area contributed by atoms with Gasteiger partial charge in [-0.15, -0.1) is 0 Å². The van der Waals surface area contributed by atoms with Crippen LogP contribution in [-0.4, -0.2) is 56.4 Å². The fourth-order valence-electron chi connectivity index (χ4n) is 5.82. The van der Waals surface area contributed by atoms with Crippen molar-refractivity contribution in [3.8, 4) is 11.5 Å². The van der Waals surface area contributed by atoms with E-state index in [4.69, 9.17) is 4.74 Å². The minimum absolute atomic E-state index is 0.0991. The van der Waals surface area contributed by atoms with Gasteiger partial charge in [0, 0.05) is 5.92 Å². The number of carbonyl (C=O) groups is 4. The lowest BCUT2D eigenvalue weighted by molar-refractivity contribution is -0.174. The number of benzene rings is 1. The lowest BCUT2D eigenvalue weighted by Gasteiger charge is -2.43. The summed E-state index contributed by atoms with van der Waals surface area (Å²) in [7, 11) is 1.38. The van der Waals surface area contributed by atoms with E-state index in [2.05, 4.69) is 0 Å². The molecule has 10 nitrogen and oxygen atoms in total. The normalized spacial score (nSPS) is 34.5. The van der Waals surface area contributed by atoms with Crippen molar-refractivity contribution in [1.82, 2.24) is 10.1 Å². The second-order valence-corrected chi connectivity index (χ2v) is 8.43. The maximum Gasteiger partial charge on any atom is 0.258 e. The minimum atomic E-state index is -0.886. The zero-order chi connectivity index (χ0) is 22.2. The average molecular weight is 428 g/mol. The molecule has 2 aliphatic carbocycles. The summed E-state index contributed by atoms with van der Waals surface area (Å²) in [6, 6.07) is 4.58. The number of rotatable bonds is 2. The largest absolute Gasteiger partial charge is 0.504 e. The van der Waals surface area contributed by atoms with Gasteiger partial charge in [-0.25, -0.2) is 0 Å². The van der Waals surface area contributed by atoms with E-state index >= 15 is 0 Å². The number of carbonyl (C=O) groups excluding carboxylic acids is 4. The summed E-state index contributed by atoms with van der Waals surface area (Å²) in [5.74, 6) is -7.33. The Bertz CT molecular complexity index is 1070. The number of hydrogen-bond donors (Lipinski definition) is 3. The number of amides is 4. The maximum atomic E-state index is 12.8. The van der Waals surface area contributed by atoms with Gasteiger partial charge in [0.05, 0.1) is 30.8 Å². The Morgan fingerprint density at radius 3 is 2.23 bits per heavy atom. The Morgan fingerprint density at radius 2 is 1.55 bits per heavy atom. The van der Waals surface area contributed by atoms with Crippen molar-refractivity contribution in [3.05, 3.63) is 35.4 Å². The summed E-state index contributed by atoms with van der Waals surface area (Å²) in [5.41, 5.74) is 1.29. The number of nitrogens with zero attached hydrogens (tertiary/aromatic N) is 2. The summed E-state index contributed by atoms with van der Waals surface area (Å²) in [6.07, 6.45) is 2.12. The maximum absolute atomic E-state index is 12.8. The predicted molar refractivity (Wildman–Crippen MR) is 99.4 cm³/mol. The van der Waals surface area contributed by atoms with E-state index in [1.807, 2.05) is 0 Å². The van der Waals surface area contributed by atoms with Crippen molar-refractivity contribution in [1.29, 1.82) is 0 Å². The van der Waals surface area contributed by atoms with Crippen LogP contribution < -0.4 is 4.74 Å².